The van der Waals surface area contributed by atoms with E-state index in [9.17, 15) is 4.79 Å². The van der Waals surface area contributed by atoms with Crippen molar-refractivity contribution in [1.29, 1.82) is 0 Å². The van der Waals surface area contributed by atoms with Crippen LogP contribution in [0.15, 0.2) is 23.4 Å². The number of oxime groups is 1. The zero-order valence-corrected chi connectivity index (χ0v) is 12.8. The van der Waals surface area contributed by atoms with E-state index < -0.39 is 5.54 Å². The van der Waals surface area contributed by atoms with E-state index >= 15 is 0 Å². The number of benzene rings is 1. The van der Waals surface area contributed by atoms with Gasteiger partial charge in [-0.05, 0) is 43.5 Å². The van der Waals surface area contributed by atoms with E-state index in [0.717, 1.165) is 24.8 Å². The normalized spacial score (nSPS) is 18.3. The average molecular weight is 310 g/mol. The van der Waals surface area contributed by atoms with E-state index in [4.69, 9.17) is 22.5 Å². The Hall–Kier alpha value is -1.75. The van der Waals surface area contributed by atoms with E-state index in [-0.39, 0.29) is 11.7 Å². The highest BCUT2D eigenvalue weighted by Gasteiger charge is 2.38. The maximum atomic E-state index is 12.5. The van der Waals surface area contributed by atoms with Crippen LogP contribution in [-0.2, 0) is 0 Å². The first-order valence-corrected chi connectivity index (χ1v) is 7.43. The van der Waals surface area contributed by atoms with Gasteiger partial charge in [0.05, 0.1) is 0 Å². The van der Waals surface area contributed by atoms with Crippen molar-refractivity contribution in [2.24, 2.45) is 10.9 Å². The first kappa shape index (κ1) is 15.6. The summed E-state index contributed by atoms with van der Waals surface area (Å²) in [6, 6.07) is 5.11. The van der Waals surface area contributed by atoms with Crippen LogP contribution in [-0.4, -0.2) is 22.5 Å². The minimum absolute atomic E-state index is 0.0715. The highest BCUT2D eigenvalue weighted by atomic mass is 35.5. The maximum absolute atomic E-state index is 12.5. The number of hydrogen-bond donors (Lipinski definition) is 3. The van der Waals surface area contributed by atoms with Crippen molar-refractivity contribution in [2.45, 2.75) is 44.6 Å². The van der Waals surface area contributed by atoms with Crippen LogP contribution in [0.4, 0.5) is 0 Å². The van der Waals surface area contributed by atoms with Gasteiger partial charge >= 0.3 is 0 Å². The van der Waals surface area contributed by atoms with Crippen molar-refractivity contribution in [2.75, 3.05) is 0 Å². The molecule has 0 saturated heterocycles. The molecule has 4 N–H and O–H groups in total. The molecule has 1 saturated carbocycles. The lowest BCUT2D eigenvalue weighted by Gasteiger charge is -2.36. The molecule has 1 amide bonds. The Balaban J connectivity index is 2.26. The lowest BCUT2D eigenvalue weighted by Crippen LogP contribution is -2.58. The maximum Gasteiger partial charge on any atom is 0.252 e. The van der Waals surface area contributed by atoms with Gasteiger partial charge < -0.3 is 16.3 Å². The molecule has 0 spiro atoms. The quantitative estimate of drug-likeness (QED) is 0.347. The molecule has 114 valence electrons. The van der Waals surface area contributed by atoms with Crippen LogP contribution >= 0.6 is 11.6 Å². The zero-order valence-electron chi connectivity index (χ0n) is 12.0. The van der Waals surface area contributed by atoms with Gasteiger partial charge in [-0.25, -0.2) is 0 Å². The van der Waals surface area contributed by atoms with Gasteiger partial charge in [-0.15, -0.1) is 0 Å². The van der Waals surface area contributed by atoms with Gasteiger partial charge in [-0.1, -0.05) is 36.0 Å². The molecule has 0 heterocycles. The lowest BCUT2D eigenvalue weighted by molar-refractivity contribution is 0.0905. The highest BCUT2D eigenvalue weighted by molar-refractivity contribution is 6.30. The molecule has 1 fully saturated rings. The van der Waals surface area contributed by atoms with E-state index in [0.29, 0.717) is 23.4 Å². The fourth-order valence-electron chi connectivity index (χ4n) is 2.86. The Bertz CT molecular complexity index is 566. The fourth-order valence-corrected chi connectivity index (χ4v) is 3.09. The van der Waals surface area contributed by atoms with Gasteiger partial charge in [0.1, 0.15) is 5.54 Å². The summed E-state index contributed by atoms with van der Waals surface area (Å²) >= 11 is 5.91. The van der Waals surface area contributed by atoms with Gasteiger partial charge in [0, 0.05) is 10.6 Å². The fraction of sp³-hybridized carbons (Fsp3) is 0.467. The van der Waals surface area contributed by atoms with Crippen molar-refractivity contribution < 1.29 is 10.0 Å². The second-order valence-corrected chi connectivity index (χ2v) is 5.98. The van der Waals surface area contributed by atoms with Crippen LogP contribution < -0.4 is 11.1 Å². The summed E-state index contributed by atoms with van der Waals surface area (Å²) in [7, 11) is 0. The first-order chi connectivity index (χ1) is 9.98. The Morgan fingerprint density at radius 1 is 1.38 bits per heavy atom. The highest BCUT2D eigenvalue weighted by Crippen LogP contribution is 2.29. The Morgan fingerprint density at radius 2 is 2.05 bits per heavy atom. The summed E-state index contributed by atoms with van der Waals surface area (Å²) in [4.78, 5) is 12.5. The van der Waals surface area contributed by atoms with Crippen molar-refractivity contribution in [1.82, 2.24) is 5.32 Å². The van der Waals surface area contributed by atoms with Crippen molar-refractivity contribution in [3.8, 4) is 0 Å². The number of amidine groups is 1. The molecule has 1 aromatic carbocycles. The molecule has 2 rings (SSSR count). The summed E-state index contributed by atoms with van der Waals surface area (Å²) in [6.45, 7) is 1.83. The number of carbonyl (C=O) groups is 1. The molecule has 1 aliphatic rings. The molecular weight excluding hydrogens is 290 g/mol. The Morgan fingerprint density at radius 3 is 2.62 bits per heavy atom. The first-order valence-electron chi connectivity index (χ1n) is 7.05. The number of aryl methyl sites for hydroxylation is 1. The van der Waals surface area contributed by atoms with Crippen LogP contribution in [0.5, 0.6) is 0 Å². The van der Waals surface area contributed by atoms with Gasteiger partial charge in [-0.3, -0.25) is 4.79 Å². The van der Waals surface area contributed by atoms with Gasteiger partial charge in [-0.2, -0.15) is 0 Å². The number of nitrogens with zero attached hydrogens (tertiary/aromatic N) is 1. The van der Waals surface area contributed by atoms with Crippen molar-refractivity contribution in [3.05, 3.63) is 34.3 Å². The summed E-state index contributed by atoms with van der Waals surface area (Å²) in [5.41, 5.74) is 6.43. The molecule has 1 aliphatic carbocycles. The number of amides is 1. The monoisotopic (exact) mass is 309 g/mol. The number of halogens is 1. The van der Waals surface area contributed by atoms with Crippen molar-refractivity contribution in [3.63, 3.8) is 0 Å². The summed E-state index contributed by atoms with van der Waals surface area (Å²) in [6.07, 6.45) is 4.34. The molecular formula is C15H20ClN3O2. The largest absolute Gasteiger partial charge is 0.409 e. The number of carbonyl (C=O) groups excluding carboxylic acids is 1. The van der Waals surface area contributed by atoms with E-state index in [1.54, 1.807) is 18.2 Å². The van der Waals surface area contributed by atoms with Crippen LogP contribution in [0.1, 0.15) is 48.0 Å². The zero-order chi connectivity index (χ0) is 15.5. The van der Waals surface area contributed by atoms with Crippen molar-refractivity contribution >= 4 is 23.3 Å². The number of nitrogens with two attached hydrogens (primary N) is 1. The second kappa shape index (κ2) is 6.35. The molecule has 0 aliphatic heterocycles. The topological polar surface area (TPSA) is 87.7 Å². The molecule has 0 bridgehead atoms. The second-order valence-electron chi connectivity index (χ2n) is 5.54. The third-order valence-corrected chi connectivity index (χ3v) is 4.33. The SMILES string of the molecule is Cc1cc(Cl)ccc1C(=O)NC1(/C(N)=N/O)CCCCC1. The van der Waals surface area contributed by atoms with Gasteiger partial charge in [0.25, 0.3) is 5.91 Å². The predicted octanol–water partition coefficient (Wildman–Crippen LogP) is 2.83. The number of nitrogens with one attached hydrogen (secondary N) is 1. The van der Waals surface area contributed by atoms with E-state index in [1.165, 1.54) is 0 Å². The summed E-state index contributed by atoms with van der Waals surface area (Å²) in [5, 5.41) is 15.7. The van der Waals surface area contributed by atoms with E-state index in [1.807, 2.05) is 6.92 Å². The molecule has 0 aromatic heterocycles. The third kappa shape index (κ3) is 3.29. The smallest absolute Gasteiger partial charge is 0.252 e. The minimum Gasteiger partial charge on any atom is -0.409 e. The van der Waals surface area contributed by atoms with Crippen LogP contribution in [0, 0.1) is 6.92 Å². The average Bonchev–Trinajstić information content (AvgIpc) is 2.47. The minimum atomic E-state index is -0.754. The third-order valence-electron chi connectivity index (χ3n) is 4.09. The Labute approximate surface area is 129 Å². The summed E-state index contributed by atoms with van der Waals surface area (Å²) < 4.78 is 0. The molecule has 1 aromatic rings. The van der Waals surface area contributed by atoms with Crippen LogP contribution in [0.2, 0.25) is 5.02 Å². The van der Waals surface area contributed by atoms with E-state index in [2.05, 4.69) is 10.5 Å². The van der Waals surface area contributed by atoms with Crippen LogP contribution in [0.3, 0.4) is 0 Å². The summed E-state index contributed by atoms with van der Waals surface area (Å²) in [5.74, 6) is -0.153. The number of rotatable bonds is 3. The predicted molar refractivity (Wildman–Crippen MR) is 82.9 cm³/mol. The van der Waals surface area contributed by atoms with Gasteiger partial charge in [0.2, 0.25) is 0 Å². The molecule has 0 unspecified atom stereocenters. The Kier molecular flexibility index (Phi) is 4.73. The molecule has 5 nitrogen and oxygen atoms in total. The van der Waals surface area contributed by atoms with Gasteiger partial charge in [0.15, 0.2) is 5.84 Å². The standard InChI is InChI=1S/C15H20ClN3O2/c1-10-9-11(16)5-6-12(10)13(20)18-15(14(17)19-21)7-3-2-4-8-15/h5-6,9,21H,2-4,7-8H2,1H3,(H2,17,19)(H,18,20). The number of hydrogen-bond acceptors (Lipinski definition) is 3. The molecule has 21 heavy (non-hydrogen) atoms. The molecule has 6 heteroatoms. The molecule has 0 radical (unpaired) electrons. The van der Waals surface area contributed by atoms with Crippen LogP contribution in [0.25, 0.3) is 0 Å². The lowest BCUT2D eigenvalue weighted by atomic mass is 9.80. The molecule has 0 atom stereocenters.